The van der Waals surface area contributed by atoms with Crippen LogP contribution in [0.4, 0.5) is 4.39 Å². The lowest BCUT2D eigenvalue weighted by atomic mass is 10.0. The molecular weight excluding hydrogens is 335 g/mol. The third-order valence-corrected chi connectivity index (χ3v) is 6.18. The lowest BCUT2D eigenvalue weighted by Gasteiger charge is -2.21. The second-order valence-electron chi connectivity index (χ2n) is 4.99. The molecule has 8 heteroatoms. The first-order valence-corrected chi connectivity index (χ1v) is 9.71. The van der Waals surface area contributed by atoms with E-state index in [0.717, 1.165) is 30.4 Å². The fourth-order valence-corrected chi connectivity index (χ4v) is 4.99. The van der Waals surface area contributed by atoms with Gasteiger partial charge in [0.1, 0.15) is 10.7 Å². The Hall–Kier alpha value is -0.340. The van der Waals surface area contributed by atoms with Gasteiger partial charge in [0.15, 0.2) is 0 Å². The summed E-state index contributed by atoms with van der Waals surface area (Å²) in [5.41, 5.74) is 5.50. The molecule has 0 spiro atoms. The highest BCUT2D eigenvalue weighted by Crippen LogP contribution is 2.25. The monoisotopic (exact) mass is 352 g/mol. The van der Waals surface area contributed by atoms with Gasteiger partial charge in [-0.1, -0.05) is 11.6 Å². The molecule has 118 valence electrons. The second kappa shape index (κ2) is 7.28. The molecule has 21 heavy (non-hydrogen) atoms. The van der Waals surface area contributed by atoms with Crippen LogP contribution < -0.4 is 10.5 Å². The Kier molecular flexibility index (Phi) is 5.90. The van der Waals surface area contributed by atoms with Gasteiger partial charge in [0.25, 0.3) is 0 Å². The number of halogens is 2. The maximum atomic E-state index is 14.2. The summed E-state index contributed by atoms with van der Waals surface area (Å²) in [6, 6.07) is 2.46. The van der Waals surface area contributed by atoms with Crippen LogP contribution in [0.3, 0.4) is 0 Å². The van der Waals surface area contributed by atoms with Crippen LogP contribution in [-0.2, 0) is 16.6 Å². The van der Waals surface area contributed by atoms with E-state index in [1.807, 2.05) is 11.8 Å². The van der Waals surface area contributed by atoms with Gasteiger partial charge in [-0.2, -0.15) is 11.8 Å². The van der Waals surface area contributed by atoms with Crippen molar-refractivity contribution in [3.63, 3.8) is 0 Å². The zero-order valence-electron chi connectivity index (χ0n) is 11.4. The molecule has 1 aromatic carbocycles. The first kappa shape index (κ1) is 17.0. The topological polar surface area (TPSA) is 72.2 Å². The summed E-state index contributed by atoms with van der Waals surface area (Å²) in [4.78, 5) is -0.430. The summed E-state index contributed by atoms with van der Waals surface area (Å²) in [6.07, 6.45) is 1.94. The number of rotatable bonds is 5. The lowest BCUT2D eigenvalue weighted by Crippen LogP contribution is -2.31. The summed E-state index contributed by atoms with van der Waals surface area (Å²) in [5, 5.41) is 0.159. The standard InChI is InChI=1S/C13H18ClFN2O2S2/c14-11-5-10(7-16)13(15)12(6-11)21(18,19)17-8-9-1-3-20-4-2-9/h5-6,9,17H,1-4,7-8,16H2. The maximum absolute atomic E-state index is 14.2. The van der Waals surface area contributed by atoms with Crippen LogP contribution in [0.25, 0.3) is 0 Å². The zero-order chi connectivity index (χ0) is 15.5. The molecule has 1 aromatic rings. The zero-order valence-corrected chi connectivity index (χ0v) is 13.8. The van der Waals surface area contributed by atoms with E-state index in [2.05, 4.69) is 4.72 Å². The highest BCUT2D eigenvalue weighted by molar-refractivity contribution is 7.99. The van der Waals surface area contributed by atoms with Crippen molar-refractivity contribution in [3.8, 4) is 0 Å². The van der Waals surface area contributed by atoms with Crippen LogP contribution in [0.2, 0.25) is 5.02 Å². The van der Waals surface area contributed by atoms with Crippen molar-refractivity contribution in [1.29, 1.82) is 0 Å². The molecule has 0 amide bonds. The molecule has 0 unspecified atom stereocenters. The van der Waals surface area contributed by atoms with Crippen molar-refractivity contribution in [1.82, 2.24) is 4.72 Å². The highest BCUT2D eigenvalue weighted by Gasteiger charge is 2.24. The van der Waals surface area contributed by atoms with E-state index in [1.54, 1.807) is 0 Å². The van der Waals surface area contributed by atoms with E-state index < -0.39 is 20.7 Å². The van der Waals surface area contributed by atoms with Crippen LogP contribution in [0, 0.1) is 11.7 Å². The molecule has 1 aliphatic heterocycles. The number of thioether (sulfide) groups is 1. The number of benzene rings is 1. The van der Waals surface area contributed by atoms with Crippen molar-refractivity contribution >= 4 is 33.4 Å². The molecule has 0 aromatic heterocycles. The average Bonchev–Trinajstić information content (AvgIpc) is 2.48. The summed E-state index contributed by atoms with van der Waals surface area (Å²) in [6.45, 7) is 0.224. The Balaban J connectivity index is 2.17. The smallest absolute Gasteiger partial charge is 0.243 e. The molecule has 1 saturated heterocycles. The van der Waals surface area contributed by atoms with Gasteiger partial charge < -0.3 is 5.73 Å². The SMILES string of the molecule is NCc1cc(Cl)cc(S(=O)(=O)NCC2CCSCC2)c1F. The molecule has 0 bridgehead atoms. The largest absolute Gasteiger partial charge is 0.326 e. The Labute approximate surface area is 133 Å². The maximum Gasteiger partial charge on any atom is 0.243 e. The quantitative estimate of drug-likeness (QED) is 0.853. The first-order chi connectivity index (χ1) is 9.94. The fourth-order valence-electron chi connectivity index (χ4n) is 2.22. The Morgan fingerprint density at radius 3 is 2.67 bits per heavy atom. The van der Waals surface area contributed by atoms with Gasteiger partial charge in [-0.3, -0.25) is 0 Å². The van der Waals surface area contributed by atoms with Crippen LogP contribution in [0.15, 0.2) is 17.0 Å². The molecule has 0 saturated carbocycles. The molecule has 2 rings (SSSR count). The van der Waals surface area contributed by atoms with Crippen molar-refractivity contribution in [2.75, 3.05) is 18.1 Å². The van der Waals surface area contributed by atoms with Crippen molar-refractivity contribution in [2.45, 2.75) is 24.3 Å². The normalized spacial score (nSPS) is 17.1. The van der Waals surface area contributed by atoms with Crippen molar-refractivity contribution in [2.24, 2.45) is 11.7 Å². The van der Waals surface area contributed by atoms with Crippen LogP contribution in [0.5, 0.6) is 0 Å². The summed E-state index contributed by atoms with van der Waals surface area (Å²) in [7, 11) is -3.92. The number of nitrogens with one attached hydrogen (secondary N) is 1. The molecule has 1 aliphatic rings. The Bertz CT molecular complexity index is 604. The molecule has 1 heterocycles. The van der Waals surface area contributed by atoms with Gasteiger partial charge in [0, 0.05) is 23.7 Å². The van der Waals surface area contributed by atoms with Gasteiger partial charge >= 0.3 is 0 Å². The number of nitrogens with two attached hydrogens (primary N) is 1. The minimum absolute atomic E-state index is 0.0944. The predicted octanol–water partition coefficient (Wildman–Crippen LogP) is 2.36. The number of sulfonamides is 1. The number of hydrogen-bond donors (Lipinski definition) is 2. The van der Waals surface area contributed by atoms with Crippen LogP contribution in [-0.4, -0.2) is 26.5 Å². The molecule has 4 nitrogen and oxygen atoms in total. The van der Waals surface area contributed by atoms with Crippen LogP contribution in [0.1, 0.15) is 18.4 Å². The minimum atomic E-state index is -3.92. The van der Waals surface area contributed by atoms with E-state index >= 15 is 0 Å². The first-order valence-electron chi connectivity index (χ1n) is 6.69. The second-order valence-corrected chi connectivity index (χ2v) is 8.39. The van der Waals surface area contributed by atoms with Gasteiger partial charge in [-0.15, -0.1) is 0 Å². The lowest BCUT2D eigenvalue weighted by molar-refractivity contribution is 0.474. The molecule has 0 radical (unpaired) electrons. The minimum Gasteiger partial charge on any atom is -0.326 e. The van der Waals surface area contributed by atoms with E-state index in [0.29, 0.717) is 12.5 Å². The van der Waals surface area contributed by atoms with Crippen molar-refractivity contribution < 1.29 is 12.8 Å². The summed E-state index contributed by atoms with van der Waals surface area (Å²) >= 11 is 7.71. The molecular formula is C13H18ClFN2O2S2. The molecule has 1 fully saturated rings. The van der Waals surface area contributed by atoms with E-state index in [-0.39, 0.29) is 17.1 Å². The third kappa shape index (κ3) is 4.32. The van der Waals surface area contributed by atoms with Gasteiger partial charge in [-0.05, 0) is 42.4 Å². The third-order valence-electron chi connectivity index (χ3n) is 3.49. The van der Waals surface area contributed by atoms with E-state index in [9.17, 15) is 12.8 Å². The van der Waals surface area contributed by atoms with Gasteiger partial charge in [-0.25, -0.2) is 17.5 Å². The fraction of sp³-hybridized carbons (Fsp3) is 0.538. The highest BCUT2D eigenvalue weighted by atomic mass is 35.5. The molecule has 0 aliphatic carbocycles. The number of hydrogen-bond acceptors (Lipinski definition) is 4. The summed E-state index contributed by atoms with van der Waals surface area (Å²) < 4.78 is 41.2. The molecule has 3 N–H and O–H groups in total. The average molecular weight is 353 g/mol. The van der Waals surface area contributed by atoms with Crippen LogP contribution >= 0.6 is 23.4 Å². The molecule has 0 atom stereocenters. The van der Waals surface area contributed by atoms with E-state index in [4.69, 9.17) is 17.3 Å². The Morgan fingerprint density at radius 1 is 1.38 bits per heavy atom. The van der Waals surface area contributed by atoms with Crippen molar-refractivity contribution in [3.05, 3.63) is 28.5 Å². The van der Waals surface area contributed by atoms with Gasteiger partial charge in [0.05, 0.1) is 0 Å². The van der Waals surface area contributed by atoms with E-state index in [1.165, 1.54) is 6.07 Å². The summed E-state index contributed by atoms with van der Waals surface area (Å²) in [5.74, 6) is 1.55. The predicted molar refractivity (Wildman–Crippen MR) is 84.5 cm³/mol. The van der Waals surface area contributed by atoms with Gasteiger partial charge in [0.2, 0.25) is 10.0 Å². The Morgan fingerprint density at radius 2 is 2.05 bits per heavy atom.